The predicted octanol–water partition coefficient (Wildman–Crippen LogP) is 1.10. The first-order chi connectivity index (χ1) is 9.06. The number of nitrogens with two attached hydrogens (primary N) is 1. The Balaban J connectivity index is 2.27. The van der Waals surface area contributed by atoms with E-state index in [-0.39, 0.29) is 5.56 Å². The molecule has 0 aromatic carbocycles. The number of primary amides is 1. The average Bonchev–Trinajstić information content (AvgIpc) is 2.94. The van der Waals surface area contributed by atoms with Crippen LogP contribution in [-0.2, 0) is 0 Å². The Morgan fingerprint density at radius 3 is 2.79 bits per heavy atom. The maximum atomic E-state index is 11.3. The lowest BCUT2D eigenvalue weighted by Gasteiger charge is -2.02. The summed E-state index contributed by atoms with van der Waals surface area (Å²) in [4.78, 5) is 19.9. The minimum absolute atomic E-state index is 0.272. The van der Waals surface area contributed by atoms with E-state index in [2.05, 4.69) is 15.1 Å². The molecule has 0 fully saturated rings. The zero-order valence-electron chi connectivity index (χ0n) is 10.4. The summed E-state index contributed by atoms with van der Waals surface area (Å²) < 4.78 is 6.87. The zero-order chi connectivity index (χ0) is 13.6. The van der Waals surface area contributed by atoms with Crippen molar-refractivity contribution in [2.45, 2.75) is 13.8 Å². The van der Waals surface area contributed by atoms with Crippen molar-refractivity contribution in [3.8, 4) is 11.6 Å². The van der Waals surface area contributed by atoms with Crippen molar-refractivity contribution in [3.05, 3.63) is 35.5 Å². The van der Waals surface area contributed by atoms with Crippen molar-refractivity contribution in [1.29, 1.82) is 0 Å². The number of aromatic nitrogens is 4. The number of hydrogen-bond acceptors (Lipinski definition) is 5. The summed E-state index contributed by atoms with van der Waals surface area (Å²) in [7, 11) is 0. The quantitative estimate of drug-likeness (QED) is 0.741. The zero-order valence-corrected chi connectivity index (χ0v) is 10.4. The number of oxazole rings is 1. The van der Waals surface area contributed by atoms with Gasteiger partial charge in [-0.05, 0) is 19.9 Å². The fourth-order valence-electron chi connectivity index (χ4n) is 1.87. The molecule has 0 aliphatic rings. The Hall–Kier alpha value is -2.70. The van der Waals surface area contributed by atoms with Crippen LogP contribution < -0.4 is 5.73 Å². The molecule has 7 nitrogen and oxygen atoms in total. The van der Waals surface area contributed by atoms with E-state index in [9.17, 15) is 4.79 Å². The largest absolute Gasteiger partial charge is 0.443 e. The van der Waals surface area contributed by atoms with Crippen LogP contribution in [0.3, 0.4) is 0 Å². The van der Waals surface area contributed by atoms with Crippen LogP contribution in [0.15, 0.2) is 22.9 Å². The number of fused-ring (bicyclic) bond motifs is 1. The van der Waals surface area contributed by atoms with Crippen molar-refractivity contribution >= 4 is 11.6 Å². The van der Waals surface area contributed by atoms with Gasteiger partial charge in [-0.25, -0.2) is 14.5 Å². The number of rotatable bonds is 2. The Labute approximate surface area is 108 Å². The Bertz CT molecular complexity index is 787. The van der Waals surface area contributed by atoms with Gasteiger partial charge in [0.1, 0.15) is 17.5 Å². The van der Waals surface area contributed by atoms with Crippen molar-refractivity contribution in [3.63, 3.8) is 0 Å². The highest BCUT2D eigenvalue weighted by Crippen LogP contribution is 2.20. The molecule has 3 heterocycles. The molecule has 0 unspecified atom stereocenters. The molecular formula is C12H11N5O2. The number of aryl methyl sites for hydroxylation is 2. The highest BCUT2D eigenvalue weighted by Gasteiger charge is 2.15. The highest BCUT2D eigenvalue weighted by molar-refractivity contribution is 5.98. The second kappa shape index (κ2) is 3.91. The van der Waals surface area contributed by atoms with Crippen LogP contribution in [0, 0.1) is 13.8 Å². The standard InChI is InChI=1S/C12H11N5O2/c1-6-5-19-12(15-6)9-3-7(2)17-11(16-9)8(4-14-17)10(13)18/h3-5H,1-2H3,(H2,13,18). The molecule has 3 rings (SSSR count). The van der Waals surface area contributed by atoms with E-state index >= 15 is 0 Å². The van der Waals surface area contributed by atoms with Gasteiger partial charge in [-0.3, -0.25) is 4.79 Å². The van der Waals surface area contributed by atoms with E-state index in [0.29, 0.717) is 17.2 Å². The molecule has 3 aromatic rings. The molecule has 1 amide bonds. The first kappa shape index (κ1) is 11.4. The summed E-state index contributed by atoms with van der Waals surface area (Å²) in [6.07, 6.45) is 2.95. The van der Waals surface area contributed by atoms with Crippen LogP contribution in [-0.4, -0.2) is 25.5 Å². The van der Waals surface area contributed by atoms with Crippen molar-refractivity contribution in [1.82, 2.24) is 19.6 Å². The van der Waals surface area contributed by atoms with Gasteiger partial charge < -0.3 is 10.2 Å². The molecule has 0 saturated heterocycles. The fraction of sp³-hybridized carbons (Fsp3) is 0.167. The van der Waals surface area contributed by atoms with Gasteiger partial charge in [-0.1, -0.05) is 0 Å². The lowest BCUT2D eigenvalue weighted by molar-refractivity contribution is 0.100. The smallest absolute Gasteiger partial charge is 0.254 e. The summed E-state index contributed by atoms with van der Waals surface area (Å²) in [5.74, 6) is -0.164. The van der Waals surface area contributed by atoms with Crippen LogP contribution in [0.25, 0.3) is 17.2 Å². The van der Waals surface area contributed by atoms with E-state index in [4.69, 9.17) is 10.2 Å². The van der Waals surface area contributed by atoms with Gasteiger partial charge in [0.2, 0.25) is 5.89 Å². The van der Waals surface area contributed by atoms with Gasteiger partial charge in [0.25, 0.3) is 5.91 Å². The van der Waals surface area contributed by atoms with Gasteiger partial charge in [-0.2, -0.15) is 5.10 Å². The van der Waals surface area contributed by atoms with Crippen LogP contribution in [0.5, 0.6) is 0 Å². The molecule has 0 aliphatic heterocycles. The third kappa shape index (κ3) is 1.75. The maximum absolute atomic E-state index is 11.3. The van der Waals surface area contributed by atoms with E-state index in [1.165, 1.54) is 6.20 Å². The van der Waals surface area contributed by atoms with Crippen molar-refractivity contribution in [2.24, 2.45) is 5.73 Å². The molecule has 0 spiro atoms. The fourth-order valence-corrected chi connectivity index (χ4v) is 1.87. The van der Waals surface area contributed by atoms with E-state index in [1.54, 1.807) is 16.8 Å². The van der Waals surface area contributed by atoms with Gasteiger partial charge in [0.15, 0.2) is 5.65 Å². The lowest BCUT2D eigenvalue weighted by atomic mass is 10.3. The minimum Gasteiger partial charge on any atom is -0.443 e. The molecule has 3 aromatic heterocycles. The molecule has 0 atom stereocenters. The molecule has 96 valence electrons. The molecule has 0 aliphatic carbocycles. The Morgan fingerprint density at radius 2 is 2.16 bits per heavy atom. The topological polar surface area (TPSA) is 99.3 Å². The summed E-state index contributed by atoms with van der Waals surface area (Å²) in [6, 6.07) is 1.79. The second-order valence-electron chi connectivity index (χ2n) is 4.23. The number of carbonyl (C=O) groups is 1. The van der Waals surface area contributed by atoms with Gasteiger partial charge in [-0.15, -0.1) is 0 Å². The summed E-state index contributed by atoms with van der Waals surface area (Å²) in [5, 5.41) is 4.08. The van der Waals surface area contributed by atoms with Crippen LogP contribution in [0.4, 0.5) is 0 Å². The van der Waals surface area contributed by atoms with Crippen LogP contribution in [0.2, 0.25) is 0 Å². The highest BCUT2D eigenvalue weighted by atomic mass is 16.3. The lowest BCUT2D eigenvalue weighted by Crippen LogP contribution is -2.11. The summed E-state index contributed by atoms with van der Waals surface area (Å²) >= 11 is 0. The SMILES string of the molecule is Cc1coc(-c2cc(C)n3ncc(C(N)=O)c3n2)n1. The summed E-state index contributed by atoms with van der Waals surface area (Å²) in [6.45, 7) is 3.68. The minimum atomic E-state index is -0.567. The van der Waals surface area contributed by atoms with Crippen LogP contribution in [0.1, 0.15) is 21.7 Å². The summed E-state index contributed by atoms with van der Waals surface area (Å²) in [5.41, 5.74) is 8.08. The second-order valence-corrected chi connectivity index (χ2v) is 4.23. The predicted molar refractivity (Wildman–Crippen MR) is 66.5 cm³/mol. The monoisotopic (exact) mass is 257 g/mol. The third-order valence-electron chi connectivity index (χ3n) is 2.75. The first-order valence-electron chi connectivity index (χ1n) is 5.64. The molecular weight excluding hydrogens is 246 g/mol. The number of hydrogen-bond donors (Lipinski definition) is 1. The molecule has 0 radical (unpaired) electrons. The normalized spacial score (nSPS) is 11.1. The van der Waals surface area contributed by atoms with Crippen molar-refractivity contribution < 1.29 is 9.21 Å². The third-order valence-corrected chi connectivity index (χ3v) is 2.75. The number of nitrogens with zero attached hydrogens (tertiary/aromatic N) is 4. The molecule has 7 heteroatoms. The van der Waals surface area contributed by atoms with Gasteiger partial charge >= 0.3 is 0 Å². The molecule has 0 saturated carbocycles. The average molecular weight is 257 g/mol. The Morgan fingerprint density at radius 1 is 1.37 bits per heavy atom. The Kier molecular flexibility index (Phi) is 2.34. The van der Waals surface area contributed by atoms with Crippen LogP contribution >= 0.6 is 0 Å². The number of carbonyl (C=O) groups excluding carboxylic acids is 1. The molecule has 19 heavy (non-hydrogen) atoms. The number of amides is 1. The van der Waals surface area contributed by atoms with E-state index < -0.39 is 5.91 Å². The molecule has 2 N–H and O–H groups in total. The van der Waals surface area contributed by atoms with Gasteiger partial charge in [0.05, 0.1) is 11.9 Å². The van der Waals surface area contributed by atoms with E-state index in [1.807, 2.05) is 13.8 Å². The van der Waals surface area contributed by atoms with Gasteiger partial charge in [0, 0.05) is 5.69 Å². The first-order valence-corrected chi connectivity index (χ1v) is 5.64. The van der Waals surface area contributed by atoms with E-state index in [0.717, 1.165) is 11.4 Å². The molecule has 0 bridgehead atoms. The van der Waals surface area contributed by atoms with Crippen molar-refractivity contribution in [2.75, 3.05) is 0 Å². The maximum Gasteiger partial charge on any atom is 0.254 e.